The molecule has 1 aliphatic heterocycles. The third kappa shape index (κ3) is 4.86. The highest BCUT2D eigenvalue weighted by atomic mass is 35.5. The first-order valence-corrected chi connectivity index (χ1v) is 11.5. The molecule has 162 valence electrons. The molecule has 4 rings (SSSR count). The Morgan fingerprint density at radius 2 is 1.87 bits per heavy atom. The molecular weight excluding hydrogens is 398 g/mol. The molecule has 0 radical (unpaired) electrons. The highest BCUT2D eigenvalue weighted by Gasteiger charge is 2.43. The molecule has 1 unspecified atom stereocenters. The summed E-state index contributed by atoms with van der Waals surface area (Å²) < 4.78 is 1.98. The fourth-order valence-electron chi connectivity index (χ4n) is 5.42. The van der Waals surface area contributed by atoms with E-state index < -0.39 is 6.04 Å². The smallest absolute Gasteiger partial charge is 0.239 e. The second-order valence-electron chi connectivity index (χ2n) is 9.05. The minimum Gasteiger partial charge on any atom is -0.341 e. The van der Waals surface area contributed by atoms with E-state index in [0.29, 0.717) is 17.4 Å². The second-order valence-corrected chi connectivity index (χ2v) is 9.49. The van der Waals surface area contributed by atoms with Gasteiger partial charge in [0.2, 0.25) is 5.91 Å². The minimum absolute atomic E-state index is 0.0583. The highest BCUT2D eigenvalue weighted by molar-refractivity contribution is 6.30. The lowest BCUT2D eigenvalue weighted by Gasteiger charge is -2.48. The summed E-state index contributed by atoms with van der Waals surface area (Å²) in [6.45, 7) is 2.45. The second kappa shape index (κ2) is 9.48. The number of hydrogen-bond acceptors (Lipinski definition) is 4. The van der Waals surface area contributed by atoms with Gasteiger partial charge in [-0.25, -0.2) is 4.98 Å². The molecule has 1 aliphatic carbocycles. The van der Waals surface area contributed by atoms with Crippen molar-refractivity contribution in [1.82, 2.24) is 19.7 Å². The van der Waals surface area contributed by atoms with Gasteiger partial charge in [0.1, 0.15) is 12.7 Å². The maximum Gasteiger partial charge on any atom is 0.239 e. The van der Waals surface area contributed by atoms with Crippen LogP contribution in [0, 0.1) is 11.3 Å². The number of amides is 1. The number of piperidine rings is 1. The molecule has 0 bridgehead atoms. The van der Waals surface area contributed by atoms with E-state index in [2.05, 4.69) is 10.1 Å². The Kier molecular flexibility index (Phi) is 6.74. The van der Waals surface area contributed by atoms with Gasteiger partial charge in [-0.2, -0.15) is 5.10 Å². The molecule has 7 heteroatoms. The zero-order valence-corrected chi connectivity index (χ0v) is 18.3. The van der Waals surface area contributed by atoms with Gasteiger partial charge < -0.3 is 10.6 Å². The summed E-state index contributed by atoms with van der Waals surface area (Å²) in [7, 11) is 0. The third-order valence-corrected chi connectivity index (χ3v) is 7.42. The van der Waals surface area contributed by atoms with E-state index in [4.69, 9.17) is 17.3 Å². The largest absolute Gasteiger partial charge is 0.341 e. The van der Waals surface area contributed by atoms with E-state index in [9.17, 15) is 4.79 Å². The third-order valence-electron chi connectivity index (χ3n) is 7.17. The Balaban J connectivity index is 1.40. The standard InChI is InChI=1S/C23H32ClN5O/c24-20-8-6-18(7-9-20)14-21(25)22(30)28-12-10-23(11-13-28,15-29-17-26-16-27-29)19-4-2-1-3-5-19/h6-9,16-17,19,21H,1-5,10-15,25H2. The number of carbonyl (C=O) groups excluding carboxylic acids is 1. The van der Waals surface area contributed by atoms with Crippen LogP contribution in [0.2, 0.25) is 5.02 Å². The molecule has 2 aromatic rings. The Morgan fingerprint density at radius 3 is 2.50 bits per heavy atom. The van der Waals surface area contributed by atoms with Crippen molar-refractivity contribution in [1.29, 1.82) is 0 Å². The Morgan fingerprint density at radius 1 is 1.17 bits per heavy atom. The van der Waals surface area contributed by atoms with Crippen molar-refractivity contribution >= 4 is 17.5 Å². The number of nitrogens with two attached hydrogens (primary N) is 1. The van der Waals surface area contributed by atoms with E-state index >= 15 is 0 Å². The SMILES string of the molecule is NC(Cc1ccc(Cl)cc1)C(=O)N1CCC(Cn2cncn2)(C2CCCCC2)CC1. The Labute approximate surface area is 183 Å². The summed E-state index contributed by atoms with van der Waals surface area (Å²) in [6.07, 6.45) is 12.6. The first-order chi connectivity index (χ1) is 14.6. The average molecular weight is 430 g/mol. The van der Waals surface area contributed by atoms with Crippen LogP contribution in [-0.4, -0.2) is 44.7 Å². The lowest BCUT2D eigenvalue weighted by Crippen LogP contribution is -2.52. The fraction of sp³-hybridized carbons (Fsp3) is 0.609. The normalized spacial score (nSPS) is 20.8. The van der Waals surface area contributed by atoms with Gasteiger partial charge in [-0.3, -0.25) is 9.48 Å². The molecule has 1 aromatic carbocycles. The molecule has 30 heavy (non-hydrogen) atoms. The van der Waals surface area contributed by atoms with Gasteiger partial charge in [0.15, 0.2) is 0 Å². The number of rotatable bonds is 6. The minimum atomic E-state index is -0.510. The monoisotopic (exact) mass is 429 g/mol. The van der Waals surface area contributed by atoms with Crippen LogP contribution in [0.5, 0.6) is 0 Å². The maximum absolute atomic E-state index is 13.0. The number of carbonyl (C=O) groups is 1. The summed E-state index contributed by atoms with van der Waals surface area (Å²) >= 11 is 5.96. The van der Waals surface area contributed by atoms with E-state index in [1.807, 2.05) is 40.2 Å². The molecular formula is C23H32ClN5O. The number of benzene rings is 1. The molecule has 2 heterocycles. The Hall–Kier alpha value is -1.92. The molecule has 2 aliphatic rings. The molecule has 2 fully saturated rings. The van der Waals surface area contributed by atoms with Gasteiger partial charge in [0.25, 0.3) is 0 Å². The average Bonchev–Trinajstić information content (AvgIpc) is 3.29. The lowest BCUT2D eigenvalue weighted by molar-refractivity contribution is -0.136. The van der Waals surface area contributed by atoms with Crippen LogP contribution in [0.15, 0.2) is 36.9 Å². The fourth-order valence-corrected chi connectivity index (χ4v) is 5.54. The summed E-state index contributed by atoms with van der Waals surface area (Å²) in [5.41, 5.74) is 7.53. The number of likely N-dealkylation sites (tertiary alicyclic amines) is 1. The van der Waals surface area contributed by atoms with Gasteiger partial charge in [-0.05, 0) is 61.1 Å². The van der Waals surface area contributed by atoms with E-state index in [-0.39, 0.29) is 11.3 Å². The highest BCUT2D eigenvalue weighted by Crippen LogP contribution is 2.47. The van der Waals surface area contributed by atoms with Gasteiger partial charge in [0.05, 0.1) is 6.04 Å². The van der Waals surface area contributed by atoms with Gasteiger partial charge in [0, 0.05) is 24.7 Å². The first kappa shape index (κ1) is 21.3. The van der Waals surface area contributed by atoms with Crippen LogP contribution in [0.3, 0.4) is 0 Å². The van der Waals surface area contributed by atoms with Crippen molar-refractivity contribution in [3.05, 3.63) is 47.5 Å². The van der Waals surface area contributed by atoms with E-state index in [1.165, 1.54) is 32.1 Å². The summed E-state index contributed by atoms with van der Waals surface area (Å²) in [6, 6.07) is 7.06. The summed E-state index contributed by atoms with van der Waals surface area (Å²) in [4.78, 5) is 19.1. The topological polar surface area (TPSA) is 77.0 Å². The van der Waals surface area contributed by atoms with Crippen LogP contribution >= 0.6 is 11.6 Å². The molecule has 1 saturated heterocycles. The first-order valence-electron chi connectivity index (χ1n) is 11.2. The van der Waals surface area contributed by atoms with Crippen LogP contribution < -0.4 is 5.73 Å². The molecule has 2 N–H and O–H groups in total. The van der Waals surface area contributed by atoms with Crippen molar-refractivity contribution in [3.63, 3.8) is 0 Å². The lowest BCUT2D eigenvalue weighted by atomic mass is 9.63. The van der Waals surface area contributed by atoms with Gasteiger partial charge in [-0.15, -0.1) is 0 Å². The van der Waals surface area contributed by atoms with Crippen molar-refractivity contribution in [2.45, 2.75) is 64.0 Å². The molecule has 6 nitrogen and oxygen atoms in total. The molecule has 1 aromatic heterocycles. The van der Waals surface area contributed by atoms with Gasteiger partial charge >= 0.3 is 0 Å². The maximum atomic E-state index is 13.0. The van der Waals surface area contributed by atoms with E-state index in [1.54, 1.807) is 6.33 Å². The predicted molar refractivity (Wildman–Crippen MR) is 118 cm³/mol. The van der Waals surface area contributed by atoms with Crippen molar-refractivity contribution < 1.29 is 4.79 Å². The predicted octanol–water partition coefficient (Wildman–Crippen LogP) is 3.69. The Bertz CT molecular complexity index is 809. The van der Waals surface area contributed by atoms with Crippen LogP contribution in [0.1, 0.15) is 50.5 Å². The van der Waals surface area contributed by atoms with Crippen LogP contribution in [0.25, 0.3) is 0 Å². The van der Waals surface area contributed by atoms with Gasteiger partial charge in [-0.1, -0.05) is 43.0 Å². The summed E-state index contributed by atoms with van der Waals surface area (Å²) in [5, 5.41) is 5.08. The number of nitrogens with zero attached hydrogens (tertiary/aromatic N) is 4. The zero-order valence-electron chi connectivity index (χ0n) is 17.5. The number of aromatic nitrogens is 3. The quantitative estimate of drug-likeness (QED) is 0.759. The summed E-state index contributed by atoms with van der Waals surface area (Å²) in [5.74, 6) is 0.762. The van der Waals surface area contributed by atoms with Crippen LogP contribution in [-0.2, 0) is 17.8 Å². The molecule has 1 saturated carbocycles. The van der Waals surface area contributed by atoms with Crippen molar-refractivity contribution in [2.75, 3.05) is 13.1 Å². The molecule has 0 spiro atoms. The molecule has 1 atom stereocenters. The number of hydrogen-bond donors (Lipinski definition) is 1. The van der Waals surface area contributed by atoms with Crippen molar-refractivity contribution in [2.24, 2.45) is 17.1 Å². The molecule has 1 amide bonds. The number of halogens is 1. The zero-order chi connectivity index (χ0) is 21.0. The van der Waals surface area contributed by atoms with E-state index in [0.717, 1.165) is 38.0 Å². The van der Waals surface area contributed by atoms with Crippen molar-refractivity contribution in [3.8, 4) is 0 Å². The van der Waals surface area contributed by atoms with Crippen LogP contribution in [0.4, 0.5) is 0 Å².